The third-order valence-corrected chi connectivity index (χ3v) is 4.48. The molecule has 0 heterocycles. The van der Waals surface area contributed by atoms with Crippen LogP contribution in [0.25, 0.3) is 6.08 Å². The predicted molar refractivity (Wildman–Crippen MR) is 96.2 cm³/mol. The summed E-state index contributed by atoms with van der Waals surface area (Å²) >= 11 is 3.36. The van der Waals surface area contributed by atoms with E-state index in [0.717, 1.165) is 10.0 Å². The number of primary sulfonamides is 1. The number of benzene rings is 2. The zero-order valence-corrected chi connectivity index (χ0v) is 15.1. The van der Waals surface area contributed by atoms with Gasteiger partial charge in [-0.3, -0.25) is 4.79 Å². The summed E-state index contributed by atoms with van der Waals surface area (Å²) in [4.78, 5) is 11.9. The standard InChI is InChI=1S/C16H15BrN2O4S/c1-23-15-8-3-12(17)10-11(15)2-9-16(20)19-13-4-6-14(7-5-13)24(18,21)22/h2-10H,1H3,(H,19,20)(H2,18,21,22)/b9-2+. The number of carbonyl (C=O) groups is 1. The molecule has 0 bridgehead atoms. The van der Waals surface area contributed by atoms with Gasteiger partial charge in [-0.25, -0.2) is 13.6 Å². The Balaban J connectivity index is 2.09. The lowest BCUT2D eigenvalue weighted by molar-refractivity contribution is -0.111. The number of ether oxygens (including phenoxy) is 1. The number of nitrogens with two attached hydrogens (primary N) is 1. The molecule has 0 aliphatic heterocycles. The molecule has 2 rings (SSSR count). The molecule has 3 N–H and O–H groups in total. The average molecular weight is 411 g/mol. The number of anilines is 1. The number of sulfonamides is 1. The van der Waals surface area contributed by atoms with Gasteiger partial charge in [0.1, 0.15) is 5.75 Å². The van der Waals surface area contributed by atoms with Crippen molar-refractivity contribution in [2.45, 2.75) is 4.90 Å². The molecule has 2 aromatic rings. The van der Waals surface area contributed by atoms with Crippen LogP contribution in [-0.2, 0) is 14.8 Å². The molecule has 8 heteroatoms. The van der Waals surface area contributed by atoms with Crippen molar-refractivity contribution >= 4 is 43.6 Å². The van der Waals surface area contributed by atoms with Crippen LogP contribution in [0.1, 0.15) is 5.56 Å². The Morgan fingerprint density at radius 1 is 1.21 bits per heavy atom. The Bertz CT molecular complexity index is 877. The van der Waals surface area contributed by atoms with Crippen LogP contribution < -0.4 is 15.2 Å². The minimum atomic E-state index is -3.75. The van der Waals surface area contributed by atoms with Crippen molar-refractivity contribution < 1.29 is 17.9 Å². The van der Waals surface area contributed by atoms with E-state index < -0.39 is 10.0 Å². The third kappa shape index (κ3) is 4.92. The Kier molecular flexibility index (Phi) is 5.76. The molecule has 0 atom stereocenters. The highest BCUT2D eigenvalue weighted by Crippen LogP contribution is 2.24. The van der Waals surface area contributed by atoms with Crippen molar-refractivity contribution in [3.8, 4) is 5.75 Å². The summed E-state index contributed by atoms with van der Waals surface area (Å²) in [5.41, 5.74) is 1.20. The number of amides is 1. The molecule has 0 aromatic heterocycles. The average Bonchev–Trinajstić information content (AvgIpc) is 2.53. The van der Waals surface area contributed by atoms with E-state index in [1.807, 2.05) is 12.1 Å². The van der Waals surface area contributed by atoms with E-state index in [0.29, 0.717) is 11.4 Å². The molecular formula is C16H15BrN2O4S. The molecule has 0 radical (unpaired) electrons. The second-order valence-corrected chi connectivity index (χ2v) is 7.26. The van der Waals surface area contributed by atoms with Crippen LogP contribution in [0.4, 0.5) is 5.69 Å². The molecule has 0 unspecified atom stereocenters. The summed E-state index contributed by atoms with van der Waals surface area (Å²) < 4.78 is 28.4. The maximum atomic E-state index is 12.0. The summed E-state index contributed by atoms with van der Waals surface area (Å²) in [6.07, 6.45) is 2.98. The second-order valence-electron chi connectivity index (χ2n) is 4.78. The molecule has 1 amide bonds. The smallest absolute Gasteiger partial charge is 0.248 e. The van der Waals surface area contributed by atoms with E-state index in [2.05, 4.69) is 21.2 Å². The fourth-order valence-electron chi connectivity index (χ4n) is 1.91. The lowest BCUT2D eigenvalue weighted by atomic mass is 10.2. The quantitative estimate of drug-likeness (QED) is 0.740. The Hall–Kier alpha value is -2.16. The highest BCUT2D eigenvalue weighted by molar-refractivity contribution is 9.10. The number of carbonyl (C=O) groups excluding carboxylic acids is 1. The molecule has 0 spiro atoms. The highest BCUT2D eigenvalue weighted by Gasteiger charge is 2.07. The van der Waals surface area contributed by atoms with Gasteiger partial charge in [-0.2, -0.15) is 0 Å². The lowest BCUT2D eigenvalue weighted by Gasteiger charge is -2.06. The number of halogens is 1. The number of nitrogens with one attached hydrogen (secondary N) is 1. The maximum absolute atomic E-state index is 12.0. The molecule has 0 fully saturated rings. The van der Waals surface area contributed by atoms with Crippen LogP contribution in [-0.4, -0.2) is 21.4 Å². The fourth-order valence-corrected chi connectivity index (χ4v) is 2.81. The summed E-state index contributed by atoms with van der Waals surface area (Å²) in [6, 6.07) is 11.0. The summed E-state index contributed by atoms with van der Waals surface area (Å²) in [6.45, 7) is 0. The van der Waals surface area contributed by atoms with Crippen LogP contribution >= 0.6 is 15.9 Å². The Morgan fingerprint density at radius 3 is 2.46 bits per heavy atom. The summed E-state index contributed by atoms with van der Waals surface area (Å²) in [5, 5.41) is 7.65. The van der Waals surface area contributed by atoms with Crippen molar-refractivity contribution in [2.24, 2.45) is 5.14 Å². The zero-order chi connectivity index (χ0) is 17.7. The van der Waals surface area contributed by atoms with Gasteiger partial charge in [0.2, 0.25) is 15.9 Å². The zero-order valence-electron chi connectivity index (χ0n) is 12.7. The van der Waals surface area contributed by atoms with E-state index in [1.165, 1.54) is 30.3 Å². The van der Waals surface area contributed by atoms with Gasteiger partial charge in [0.15, 0.2) is 0 Å². The normalized spacial score (nSPS) is 11.5. The molecule has 24 heavy (non-hydrogen) atoms. The molecule has 2 aromatic carbocycles. The van der Waals surface area contributed by atoms with E-state index in [1.54, 1.807) is 19.3 Å². The SMILES string of the molecule is COc1ccc(Br)cc1/C=C/C(=O)Nc1ccc(S(N)(=O)=O)cc1. The van der Waals surface area contributed by atoms with Gasteiger partial charge in [-0.1, -0.05) is 15.9 Å². The number of hydrogen-bond donors (Lipinski definition) is 2. The fraction of sp³-hybridized carbons (Fsp3) is 0.0625. The first kappa shape index (κ1) is 18.2. The van der Waals surface area contributed by atoms with E-state index in [9.17, 15) is 13.2 Å². The monoisotopic (exact) mass is 410 g/mol. The first-order chi connectivity index (χ1) is 11.3. The van der Waals surface area contributed by atoms with Crippen molar-refractivity contribution in [3.63, 3.8) is 0 Å². The predicted octanol–water partition coefficient (Wildman–Crippen LogP) is 2.76. The second kappa shape index (κ2) is 7.61. The van der Waals surface area contributed by atoms with Gasteiger partial charge < -0.3 is 10.1 Å². The van der Waals surface area contributed by atoms with E-state index >= 15 is 0 Å². The van der Waals surface area contributed by atoms with Gasteiger partial charge in [0.25, 0.3) is 0 Å². The summed E-state index contributed by atoms with van der Waals surface area (Å²) in [5.74, 6) is 0.278. The van der Waals surface area contributed by atoms with Crippen LogP contribution in [0.5, 0.6) is 5.75 Å². The number of hydrogen-bond acceptors (Lipinski definition) is 4. The van der Waals surface area contributed by atoms with Crippen LogP contribution in [0.2, 0.25) is 0 Å². The minimum Gasteiger partial charge on any atom is -0.496 e. The first-order valence-electron chi connectivity index (χ1n) is 6.75. The van der Waals surface area contributed by atoms with Gasteiger partial charge in [-0.05, 0) is 48.5 Å². The maximum Gasteiger partial charge on any atom is 0.248 e. The topological polar surface area (TPSA) is 98.5 Å². The molecular weight excluding hydrogens is 396 g/mol. The van der Waals surface area contributed by atoms with Gasteiger partial charge in [0.05, 0.1) is 12.0 Å². The Morgan fingerprint density at radius 2 is 1.88 bits per heavy atom. The van der Waals surface area contributed by atoms with Crippen molar-refractivity contribution in [1.29, 1.82) is 0 Å². The lowest BCUT2D eigenvalue weighted by Crippen LogP contribution is -2.12. The molecule has 6 nitrogen and oxygen atoms in total. The molecule has 0 aliphatic rings. The molecule has 0 aliphatic carbocycles. The van der Waals surface area contributed by atoms with Gasteiger partial charge >= 0.3 is 0 Å². The first-order valence-corrected chi connectivity index (χ1v) is 9.09. The highest BCUT2D eigenvalue weighted by atomic mass is 79.9. The van der Waals surface area contributed by atoms with Crippen LogP contribution in [0, 0.1) is 0 Å². The van der Waals surface area contributed by atoms with Crippen molar-refractivity contribution in [3.05, 3.63) is 58.6 Å². The minimum absolute atomic E-state index is 0.0186. The molecule has 0 saturated carbocycles. The van der Waals surface area contributed by atoms with Gasteiger partial charge in [-0.15, -0.1) is 0 Å². The van der Waals surface area contributed by atoms with Crippen molar-refractivity contribution in [2.75, 3.05) is 12.4 Å². The summed E-state index contributed by atoms with van der Waals surface area (Å²) in [7, 11) is -2.20. The molecule has 126 valence electrons. The number of methoxy groups -OCH3 is 1. The largest absolute Gasteiger partial charge is 0.496 e. The van der Waals surface area contributed by atoms with Gasteiger partial charge in [0, 0.05) is 21.8 Å². The van der Waals surface area contributed by atoms with E-state index in [4.69, 9.17) is 9.88 Å². The Labute approximate surface area is 148 Å². The number of rotatable bonds is 5. The van der Waals surface area contributed by atoms with E-state index in [-0.39, 0.29) is 10.8 Å². The third-order valence-electron chi connectivity index (χ3n) is 3.06. The van der Waals surface area contributed by atoms with Crippen LogP contribution in [0.15, 0.2) is 57.9 Å². The van der Waals surface area contributed by atoms with Crippen molar-refractivity contribution in [1.82, 2.24) is 0 Å². The van der Waals surface area contributed by atoms with Crippen LogP contribution in [0.3, 0.4) is 0 Å². The molecule has 0 saturated heterocycles.